The minimum Gasteiger partial charge on any atom is -0.379 e. The van der Waals surface area contributed by atoms with Crippen molar-refractivity contribution in [3.05, 3.63) is 0 Å². The molecule has 3 heteroatoms. The van der Waals surface area contributed by atoms with Crippen LogP contribution in [0.3, 0.4) is 0 Å². The van der Waals surface area contributed by atoms with E-state index in [0.29, 0.717) is 19.8 Å². The number of hydrogen-bond acceptors (Lipinski definition) is 3. The molecule has 0 aliphatic carbocycles. The second kappa shape index (κ2) is 28.9. The Kier molecular flexibility index (Phi) is 28.8. The lowest BCUT2D eigenvalue weighted by Crippen LogP contribution is -2.10. The van der Waals surface area contributed by atoms with E-state index in [1.165, 1.54) is 122 Å². The van der Waals surface area contributed by atoms with Crippen molar-refractivity contribution in [1.82, 2.24) is 0 Å². The van der Waals surface area contributed by atoms with E-state index < -0.39 is 0 Å². The maximum absolute atomic E-state index is 5.66. The second-order valence-electron chi connectivity index (χ2n) is 8.85. The number of rotatable bonds is 27. The Bertz CT molecular complexity index is 255. The van der Waals surface area contributed by atoms with E-state index >= 15 is 0 Å². The number of unbranched alkanes of at least 4 members (excludes halogenated alkanes) is 17. The van der Waals surface area contributed by atoms with Gasteiger partial charge in [0.25, 0.3) is 0 Å². The molecular weight excluding hydrogens is 372 g/mol. The first kappa shape index (κ1) is 29.9. The predicted molar refractivity (Wildman–Crippen MR) is 132 cm³/mol. The number of hydrogen-bond donors (Lipinski definition) is 0. The van der Waals surface area contributed by atoms with Gasteiger partial charge >= 0.3 is 0 Å². The Labute approximate surface area is 190 Å². The quantitative estimate of drug-likeness (QED) is 0.123. The van der Waals surface area contributed by atoms with Gasteiger partial charge < -0.3 is 14.2 Å². The van der Waals surface area contributed by atoms with Crippen LogP contribution in [0.25, 0.3) is 0 Å². The maximum Gasteiger partial charge on any atom is 0.0701 e. The van der Waals surface area contributed by atoms with E-state index in [-0.39, 0.29) is 0 Å². The van der Waals surface area contributed by atoms with E-state index in [0.717, 1.165) is 19.8 Å². The van der Waals surface area contributed by atoms with Crippen LogP contribution in [0.4, 0.5) is 0 Å². The first-order valence-corrected chi connectivity index (χ1v) is 13.6. The lowest BCUT2D eigenvalue weighted by atomic mass is 10.0. The summed E-state index contributed by atoms with van der Waals surface area (Å²) in [6, 6.07) is 0. The molecule has 0 saturated carbocycles. The van der Waals surface area contributed by atoms with E-state index in [1.807, 2.05) is 0 Å². The van der Waals surface area contributed by atoms with Crippen LogP contribution in [0.1, 0.15) is 136 Å². The van der Waals surface area contributed by atoms with E-state index in [1.54, 1.807) is 0 Å². The Morgan fingerprint density at radius 2 is 0.500 bits per heavy atom. The minimum absolute atomic E-state index is 0.692. The summed E-state index contributed by atoms with van der Waals surface area (Å²) in [5.41, 5.74) is 0. The predicted octanol–water partition coefficient (Wildman–Crippen LogP) is 8.49. The fourth-order valence-electron chi connectivity index (χ4n) is 3.75. The highest BCUT2D eigenvalue weighted by Crippen LogP contribution is 2.12. The molecule has 0 rings (SSSR count). The molecule has 0 atom stereocenters. The lowest BCUT2D eigenvalue weighted by molar-refractivity contribution is 0.0132. The monoisotopic (exact) mass is 428 g/mol. The van der Waals surface area contributed by atoms with Gasteiger partial charge in [-0.3, -0.25) is 0 Å². The molecule has 30 heavy (non-hydrogen) atoms. The fourth-order valence-corrected chi connectivity index (χ4v) is 3.75. The van der Waals surface area contributed by atoms with E-state index in [2.05, 4.69) is 13.8 Å². The molecule has 0 heterocycles. The average Bonchev–Trinajstić information content (AvgIpc) is 2.76. The molecule has 3 nitrogen and oxygen atoms in total. The molecule has 0 aromatic heterocycles. The SMILES string of the molecule is CCCCCCCCCCCCCCCCOCCOCCOCCCCCCC. The van der Waals surface area contributed by atoms with Gasteiger partial charge in [-0.2, -0.15) is 0 Å². The zero-order chi connectivity index (χ0) is 21.8. The third kappa shape index (κ3) is 27.9. The van der Waals surface area contributed by atoms with Crippen molar-refractivity contribution in [1.29, 1.82) is 0 Å². The molecule has 182 valence electrons. The van der Waals surface area contributed by atoms with Crippen molar-refractivity contribution in [3.63, 3.8) is 0 Å². The van der Waals surface area contributed by atoms with E-state index in [4.69, 9.17) is 14.2 Å². The highest BCUT2D eigenvalue weighted by molar-refractivity contribution is 4.49. The molecule has 0 amide bonds. The lowest BCUT2D eigenvalue weighted by Gasteiger charge is -2.07. The third-order valence-electron chi connectivity index (χ3n) is 5.78. The average molecular weight is 429 g/mol. The van der Waals surface area contributed by atoms with Gasteiger partial charge in [0.05, 0.1) is 26.4 Å². The van der Waals surface area contributed by atoms with Crippen LogP contribution in [-0.2, 0) is 14.2 Å². The van der Waals surface area contributed by atoms with Gasteiger partial charge in [-0.15, -0.1) is 0 Å². The highest BCUT2D eigenvalue weighted by Gasteiger charge is 1.95. The Morgan fingerprint density at radius 1 is 0.267 bits per heavy atom. The number of ether oxygens (including phenoxy) is 3. The first-order chi connectivity index (χ1) is 14.9. The summed E-state index contributed by atoms with van der Waals surface area (Å²) in [5, 5.41) is 0. The van der Waals surface area contributed by atoms with E-state index in [9.17, 15) is 0 Å². The normalized spacial score (nSPS) is 11.4. The molecule has 0 fully saturated rings. The summed E-state index contributed by atoms with van der Waals surface area (Å²) in [7, 11) is 0. The van der Waals surface area contributed by atoms with Crippen LogP contribution in [0.15, 0.2) is 0 Å². The van der Waals surface area contributed by atoms with Crippen molar-refractivity contribution < 1.29 is 14.2 Å². The summed E-state index contributed by atoms with van der Waals surface area (Å²) >= 11 is 0. The molecule has 0 spiro atoms. The Balaban J connectivity index is 2.97. The smallest absolute Gasteiger partial charge is 0.0701 e. The molecule has 0 aliphatic heterocycles. The summed E-state index contributed by atoms with van der Waals surface area (Å²) in [6.45, 7) is 9.12. The van der Waals surface area contributed by atoms with Crippen LogP contribution in [-0.4, -0.2) is 39.6 Å². The van der Waals surface area contributed by atoms with Crippen molar-refractivity contribution >= 4 is 0 Å². The standard InChI is InChI=1S/C27H56O3/c1-3-5-7-9-10-11-12-13-14-15-16-17-19-21-23-29-25-27-30-26-24-28-22-20-18-8-6-4-2/h3-27H2,1-2H3. The van der Waals surface area contributed by atoms with Crippen molar-refractivity contribution in [3.8, 4) is 0 Å². The maximum atomic E-state index is 5.66. The summed E-state index contributed by atoms with van der Waals surface area (Å²) < 4.78 is 16.8. The largest absolute Gasteiger partial charge is 0.379 e. The zero-order valence-electron chi connectivity index (χ0n) is 20.9. The van der Waals surface area contributed by atoms with Crippen LogP contribution in [0.5, 0.6) is 0 Å². The zero-order valence-corrected chi connectivity index (χ0v) is 20.9. The second-order valence-corrected chi connectivity index (χ2v) is 8.85. The third-order valence-corrected chi connectivity index (χ3v) is 5.78. The highest BCUT2D eigenvalue weighted by atomic mass is 16.5. The van der Waals surface area contributed by atoms with Crippen molar-refractivity contribution in [2.45, 2.75) is 136 Å². The molecule has 0 aliphatic rings. The van der Waals surface area contributed by atoms with Gasteiger partial charge in [0.15, 0.2) is 0 Å². The van der Waals surface area contributed by atoms with Crippen LogP contribution < -0.4 is 0 Å². The molecule has 0 radical (unpaired) electrons. The summed E-state index contributed by atoms with van der Waals surface area (Å²) in [6.07, 6.45) is 26.1. The van der Waals surface area contributed by atoms with Gasteiger partial charge in [0.1, 0.15) is 0 Å². The summed E-state index contributed by atoms with van der Waals surface area (Å²) in [4.78, 5) is 0. The minimum atomic E-state index is 0.692. The molecule has 0 saturated heterocycles. The molecule has 0 aromatic rings. The Morgan fingerprint density at radius 3 is 0.800 bits per heavy atom. The first-order valence-electron chi connectivity index (χ1n) is 13.6. The van der Waals surface area contributed by atoms with Gasteiger partial charge in [-0.1, -0.05) is 123 Å². The topological polar surface area (TPSA) is 27.7 Å². The molecular formula is C27H56O3. The fraction of sp³-hybridized carbons (Fsp3) is 1.00. The molecule has 0 bridgehead atoms. The van der Waals surface area contributed by atoms with Gasteiger partial charge in [-0.25, -0.2) is 0 Å². The van der Waals surface area contributed by atoms with Crippen LogP contribution >= 0.6 is 0 Å². The van der Waals surface area contributed by atoms with Crippen molar-refractivity contribution in [2.24, 2.45) is 0 Å². The van der Waals surface area contributed by atoms with Crippen LogP contribution in [0, 0.1) is 0 Å². The van der Waals surface area contributed by atoms with Gasteiger partial charge in [0, 0.05) is 13.2 Å². The van der Waals surface area contributed by atoms with Crippen molar-refractivity contribution in [2.75, 3.05) is 39.6 Å². The molecule has 0 unspecified atom stereocenters. The molecule has 0 aromatic carbocycles. The molecule has 0 N–H and O–H groups in total. The van der Waals surface area contributed by atoms with Crippen LogP contribution in [0.2, 0.25) is 0 Å². The Hall–Kier alpha value is -0.120. The summed E-state index contributed by atoms with van der Waals surface area (Å²) in [5.74, 6) is 0. The van der Waals surface area contributed by atoms with Gasteiger partial charge in [0.2, 0.25) is 0 Å². The van der Waals surface area contributed by atoms with Gasteiger partial charge in [-0.05, 0) is 12.8 Å².